The Balaban J connectivity index is 1.06. The van der Waals surface area contributed by atoms with Gasteiger partial charge < -0.3 is 38.0 Å². The van der Waals surface area contributed by atoms with Crippen molar-refractivity contribution in [2.24, 2.45) is 28.6 Å². The van der Waals surface area contributed by atoms with Crippen molar-refractivity contribution in [3.8, 4) is 22.5 Å². The standard InChI is InChI=1S/C46H55N7O9/c1-25(57-4)37-28(7-5-11-47-37)39-30-14-45(2,3)22-62-44(56)33-8-6-12-52(50-33)43(55)38(49-41(54)36-31-17-59-18-32(31)36)40(51-20-46(21-51)23-60-24-46)42-48-34(19-61-42)26-9-10-35(29(30)13-26)53(39)27-15-58-16-27/h5,7,9-11,13,19,25,27,31-33,36,38,40,50H,6,8,12,14-18,20-24H2,1-4H3,(H,49,54)/t25-,31-,32+,33-,36?,38-,40-/m0/s1. The number of carbonyl (C=O) groups is 3. The predicted octanol–water partition coefficient (Wildman–Crippen LogP) is 4.01. The van der Waals surface area contributed by atoms with E-state index in [2.05, 4.69) is 58.3 Å². The van der Waals surface area contributed by atoms with Crippen LogP contribution in [-0.2, 0) is 44.5 Å². The number of benzene rings is 1. The van der Waals surface area contributed by atoms with Crippen LogP contribution < -0.4 is 10.7 Å². The Kier molecular flexibility index (Phi) is 9.85. The second-order valence-electron chi connectivity index (χ2n) is 19.5. The van der Waals surface area contributed by atoms with E-state index >= 15 is 0 Å². The molecule has 6 fully saturated rings. The number of ether oxygens (including phenoxy) is 5. The first kappa shape index (κ1) is 40.1. The van der Waals surface area contributed by atoms with Gasteiger partial charge in [-0.3, -0.25) is 29.3 Å². The highest BCUT2D eigenvalue weighted by molar-refractivity contribution is 5.95. The number of amides is 2. The summed E-state index contributed by atoms with van der Waals surface area (Å²) in [5, 5.41) is 5.73. The van der Waals surface area contributed by atoms with Crippen LogP contribution in [0.25, 0.3) is 33.4 Å². The predicted molar refractivity (Wildman–Crippen MR) is 223 cm³/mol. The molecule has 9 heterocycles. The molecule has 1 aliphatic carbocycles. The second kappa shape index (κ2) is 15.2. The third kappa shape index (κ3) is 6.76. The van der Waals surface area contributed by atoms with Crippen LogP contribution in [-0.4, -0.2) is 127 Å². The molecule has 328 valence electrons. The summed E-state index contributed by atoms with van der Waals surface area (Å²) in [6.45, 7) is 11.6. The summed E-state index contributed by atoms with van der Waals surface area (Å²) in [4.78, 5) is 55.3. The van der Waals surface area contributed by atoms with Gasteiger partial charge in [0.25, 0.3) is 5.91 Å². The Hall–Kier alpha value is -4.71. The number of likely N-dealkylation sites (tertiary alicyclic amines) is 1. The van der Waals surface area contributed by atoms with Crippen molar-refractivity contribution in [2.45, 2.75) is 70.3 Å². The number of pyridine rings is 1. The topological polar surface area (TPSA) is 172 Å². The number of nitrogens with zero attached hydrogens (tertiary/aromatic N) is 5. The highest BCUT2D eigenvalue weighted by atomic mass is 16.5. The lowest BCUT2D eigenvalue weighted by Gasteiger charge is -2.57. The number of carbonyl (C=O) groups excluding carboxylic acids is 3. The molecular formula is C46H55N7O9. The van der Waals surface area contributed by atoms with Crippen molar-refractivity contribution in [3.63, 3.8) is 0 Å². The number of nitrogens with one attached hydrogen (secondary N) is 2. The van der Waals surface area contributed by atoms with Crippen LogP contribution in [0.3, 0.4) is 0 Å². The molecule has 0 radical (unpaired) electrons. The van der Waals surface area contributed by atoms with Gasteiger partial charge >= 0.3 is 5.97 Å². The van der Waals surface area contributed by atoms with Gasteiger partial charge in [0.1, 0.15) is 30.1 Å². The lowest BCUT2D eigenvalue weighted by molar-refractivity contribution is -0.204. The summed E-state index contributed by atoms with van der Waals surface area (Å²) in [5.74, 6) is -0.552. The number of methoxy groups -OCH3 is 1. The van der Waals surface area contributed by atoms with E-state index in [1.54, 1.807) is 19.6 Å². The number of oxazole rings is 1. The van der Waals surface area contributed by atoms with E-state index in [1.807, 2.05) is 13.0 Å². The summed E-state index contributed by atoms with van der Waals surface area (Å²) in [5.41, 5.74) is 9.12. The third-order valence-electron chi connectivity index (χ3n) is 14.4. The van der Waals surface area contributed by atoms with Crippen molar-refractivity contribution in [1.82, 2.24) is 35.2 Å². The first-order valence-electron chi connectivity index (χ1n) is 22.1. The molecule has 6 aliphatic heterocycles. The smallest absolute Gasteiger partial charge is 0.324 e. The fourth-order valence-electron chi connectivity index (χ4n) is 10.8. The minimum atomic E-state index is -1.06. The minimum absolute atomic E-state index is 0.0110. The zero-order valence-electron chi connectivity index (χ0n) is 35.8. The zero-order chi connectivity index (χ0) is 42.5. The summed E-state index contributed by atoms with van der Waals surface area (Å²) in [7, 11) is 1.69. The number of hydrogen-bond acceptors (Lipinski definition) is 13. The monoisotopic (exact) mass is 849 g/mol. The molecule has 4 aromatic rings. The third-order valence-corrected chi connectivity index (χ3v) is 14.4. The van der Waals surface area contributed by atoms with E-state index in [9.17, 15) is 14.4 Å². The fraction of sp³-hybridized carbons (Fsp3) is 0.587. The van der Waals surface area contributed by atoms with Crippen molar-refractivity contribution in [3.05, 3.63) is 59.9 Å². The van der Waals surface area contributed by atoms with Crippen LogP contribution in [0.5, 0.6) is 0 Å². The van der Waals surface area contributed by atoms with Gasteiger partial charge in [0.15, 0.2) is 0 Å². The van der Waals surface area contributed by atoms with E-state index in [0.717, 1.165) is 39.0 Å². The van der Waals surface area contributed by atoms with Crippen molar-refractivity contribution >= 4 is 28.7 Å². The first-order chi connectivity index (χ1) is 30.0. The Morgan fingerprint density at radius 1 is 1.03 bits per heavy atom. The van der Waals surface area contributed by atoms with Gasteiger partial charge in [-0.25, -0.2) is 10.4 Å². The van der Waals surface area contributed by atoms with Crippen LogP contribution >= 0.6 is 0 Å². The van der Waals surface area contributed by atoms with Crippen LogP contribution in [0.15, 0.2) is 47.2 Å². The van der Waals surface area contributed by atoms with Gasteiger partial charge in [0, 0.05) is 71.7 Å². The highest BCUT2D eigenvalue weighted by Crippen LogP contribution is 2.51. The molecule has 7 aliphatic rings. The van der Waals surface area contributed by atoms with Crippen LogP contribution in [0, 0.1) is 28.6 Å². The number of hydrogen-bond donors (Lipinski definition) is 2. The molecular weight excluding hydrogens is 795 g/mol. The van der Waals surface area contributed by atoms with E-state index < -0.39 is 29.5 Å². The van der Waals surface area contributed by atoms with Crippen molar-refractivity contribution in [2.75, 3.05) is 73.0 Å². The van der Waals surface area contributed by atoms with Gasteiger partial charge in [-0.15, -0.1) is 0 Å². The maximum atomic E-state index is 15.0. The quantitative estimate of drug-likeness (QED) is 0.256. The van der Waals surface area contributed by atoms with E-state index in [-0.39, 0.29) is 53.7 Å². The Morgan fingerprint density at radius 3 is 2.55 bits per heavy atom. The Labute approximate surface area is 359 Å². The van der Waals surface area contributed by atoms with E-state index in [4.69, 9.17) is 38.1 Å². The largest absolute Gasteiger partial charge is 0.464 e. The van der Waals surface area contributed by atoms with Gasteiger partial charge in [0.05, 0.1) is 69.8 Å². The molecule has 11 rings (SSSR count). The molecule has 16 heteroatoms. The average Bonchev–Trinajstić information content (AvgIpc) is 3.57. The number of fused-ring (bicyclic) bond motifs is 7. The molecule has 2 amide bonds. The number of esters is 1. The van der Waals surface area contributed by atoms with Gasteiger partial charge in [-0.1, -0.05) is 19.9 Å². The summed E-state index contributed by atoms with van der Waals surface area (Å²) < 4.78 is 37.9. The lowest BCUT2D eigenvalue weighted by atomic mass is 9.76. The molecule has 5 saturated heterocycles. The number of rotatable bonds is 7. The normalized spacial score (nSPS) is 29.8. The minimum Gasteiger partial charge on any atom is -0.464 e. The molecule has 1 unspecified atom stereocenters. The Morgan fingerprint density at radius 2 is 1.82 bits per heavy atom. The van der Waals surface area contributed by atoms with Crippen molar-refractivity contribution in [1.29, 1.82) is 0 Å². The Bertz CT molecular complexity index is 2400. The first-order valence-corrected chi connectivity index (χ1v) is 22.1. The van der Waals surface area contributed by atoms with E-state index in [0.29, 0.717) is 90.1 Å². The number of aromatic nitrogens is 3. The SMILES string of the molecule is CO[C@@H](C)c1ncccc1-c1c2c3cc(ccc3n1C1COC1)-c1coc(n1)[C@@H](N1CC3(COC3)C1)[C@H](NC(=O)C1[C@H]3COC[C@@H]13)C(=O)N1CCC[C@H](N1)C(=O)OCC(C)(C)C2. The second-order valence-corrected chi connectivity index (χ2v) is 19.5. The van der Waals surface area contributed by atoms with Crippen LogP contribution in [0.4, 0.5) is 0 Å². The molecule has 1 aromatic carbocycles. The maximum absolute atomic E-state index is 15.0. The number of hydrazine groups is 1. The molecule has 6 bridgehead atoms. The molecule has 7 atom stereocenters. The summed E-state index contributed by atoms with van der Waals surface area (Å²) in [6, 6.07) is 8.00. The van der Waals surface area contributed by atoms with Gasteiger partial charge in [0.2, 0.25) is 11.8 Å². The number of cyclic esters (lactones) is 1. The summed E-state index contributed by atoms with van der Waals surface area (Å²) >= 11 is 0. The molecule has 62 heavy (non-hydrogen) atoms. The molecule has 1 saturated carbocycles. The molecule has 1 spiro atoms. The molecule has 3 aromatic heterocycles. The fourth-order valence-corrected chi connectivity index (χ4v) is 10.8. The average molecular weight is 850 g/mol. The highest BCUT2D eigenvalue weighted by Gasteiger charge is 2.60. The molecule has 16 nitrogen and oxygen atoms in total. The van der Waals surface area contributed by atoms with Gasteiger partial charge in [-0.2, -0.15) is 0 Å². The van der Waals surface area contributed by atoms with E-state index in [1.165, 1.54) is 5.01 Å². The van der Waals surface area contributed by atoms with Crippen LogP contribution in [0.1, 0.15) is 68.9 Å². The lowest BCUT2D eigenvalue weighted by Crippen LogP contribution is -2.70. The van der Waals surface area contributed by atoms with Gasteiger partial charge in [-0.05, 0) is 67.9 Å². The summed E-state index contributed by atoms with van der Waals surface area (Å²) in [6.07, 6.45) is 4.83. The zero-order valence-corrected chi connectivity index (χ0v) is 35.8. The maximum Gasteiger partial charge on any atom is 0.324 e. The molecule has 2 N–H and O–H groups in total. The van der Waals surface area contributed by atoms with Crippen LogP contribution in [0.2, 0.25) is 0 Å². The van der Waals surface area contributed by atoms with Crippen molar-refractivity contribution < 1.29 is 42.5 Å².